The summed E-state index contributed by atoms with van der Waals surface area (Å²) >= 11 is 0. The second kappa shape index (κ2) is 6.02. The monoisotopic (exact) mass is 321 g/mol. The lowest BCUT2D eigenvalue weighted by Crippen LogP contribution is -2.05. The molecule has 1 saturated carbocycles. The van der Waals surface area contributed by atoms with Crippen molar-refractivity contribution in [2.45, 2.75) is 19.0 Å². The van der Waals surface area contributed by atoms with E-state index in [2.05, 4.69) is 4.98 Å². The molecule has 1 aromatic carbocycles. The van der Waals surface area contributed by atoms with Crippen molar-refractivity contribution in [1.82, 2.24) is 4.98 Å². The van der Waals surface area contributed by atoms with Gasteiger partial charge >= 0.3 is 6.18 Å². The first kappa shape index (κ1) is 15.5. The lowest BCUT2D eigenvalue weighted by Gasteiger charge is -2.11. The van der Waals surface area contributed by atoms with Gasteiger partial charge < -0.3 is 4.74 Å². The average molecular weight is 321 g/mol. The number of carbonyl (C=O) groups is 1. The van der Waals surface area contributed by atoms with E-state index in [-0.39, 0.29) is 5.69 Å². The second-order valence-corrected chi connectivity index (χ2v) is 5.59. The fraction of sp³-hybridized carbons (Fsp3) is 0.294. The summed E-state index contributed by atoms with van der Waals surface area (Å²) in [6, 6.07) is 6.57. The van der Waals surface area contributed by atoms with E-state index < -0.39 is 11.7 Å². The third kappa shape index (κ3) is 3.88. The van der Waals surface area contributed by atoms with Gasteiger partial charge in [-0.25, -0.2) is 0 Å². The van der Waals surface area contributed by atoms with Crippen LogP contribution in [0.15, 0.2) is 36.5 Å². The van der Waals surface area contributed by atoms with Crippen LogP contribution in [0.4, 0.5) is 13.2 Å². The SMILES string of the molecule is O=Cc1cc(OCC2CC2)cc(-c2cc(C(F)(F)F)ccn2)c1. The van der Waals surface area contributed by atoms with Crippen LogP contribution in [0.2, 0.25) is 0 Å². The Bertz CT molecular complexity index is 724. The van der Waals surface area contributed by atoms with Crippen molar-refractivity contribution in [3.8, 4) is 17.0 Å². The zero-order chi connectivity index (χ0) is 16.4. The summed E-state index contributed by atoms with van der Waals surface area (Å²) in [6.07, 6.45) is -0.451. The summed E-state index contributed by atoms with van der Waals surface area (Å²) in [5, 5.41) is 0. The van der Waals surface area contributed by atoms with Crippen molar-refractivity contribution < 1.29 is 22.7 Å². The van der Waals surface area contributed by atoms with E-state index in [0.29, 0.717) is 35.7 Å². The molecule has 0 bridgehead atoms. The Morgan fingerprint density at radius 3 is 2.65 bits per heavy atom. The summed E-state index contributed by atoms with van der Waals surface area (Å²) < 4.78 is 44.1. The van der Waals surface area contributed by atoms with Crippen molar-refractivity contribution in [2.75, 3.05) is 6.61 Å². The number of halogens is 3. The van der Waals surface area contributed by atoms with Crippen molar-refractivity contribution in [1.29, 1.82) is 0 Å². The highest BCUT2D eigenvalue weighted by atomic mass is 19.4. The molecular formula is C17H14F3NO2. The first-order chi connectivity index (χ1) is 11.0. The van der Waals surface area contributed by atoms with Gasteiger partial charge in [0.2, 0.25) is 0 Å². The van der Waals surface area contributed by atoms with Gasteiger partial charge in [0.25, 0.3) is 0 Å². The van der Waals surface area contributed by atoms with Gasteiger partial charge in [-0.15, -0.1) is 0 Å². The predicted molar refractivity (Wildman–Crippen MR) is 78.3 cm³/mol. The minimum absolute atomic E-state index is 0.153. The van der Waals surface area contributed by atoms with E-state index in [1.54, 1.807) is 12.1 Å². The Labute approximate surface area is 131 Å². The molecule has 0 aliphatic heterocycles. The summed E-state index contributed by atoms with van der Waals surface area (Å²) in [4.78, 5) is 15.0. The number of rotatable bonds is 5. The van der Waals surface area contributed by atoms with Crippen LogP contribution in [-0.2, 0) is 6.18 Å². The fourth-order valence-electron chi connectivity index (χ4n) is 2.18. The maximum atomic E-state index is 12.8. The highest BCUT2D eigenvalue weighted by molar-refractivity contribution is 5.79. The molecule has 0 atom stereocenters. The molecule has 1 heterocycles. The number of hydrogen-bond donors (Lipinski definition) is 0. The molecular weight excluding hydrogens is 307 g/mol. The van der Waals surface area contributed by atoms with Crippen molar-refractivity contribution in [3.05, 3.63) is 47.7 Å². The Balaban J connectivity index is 1.94. The molecule has 3 rings (SSSR count). The van der Waals surface area contributed by atoms with E-state index in [9.17, 15) is 18.0 Å². The molecule has 6 heteroatoms. The van der Waals surface area contributed by atoms with Crippen LogP contribution in [0.3, 0.4) is 0 Å². The maximum absolute atomic E-state index is 12.8. The van der Waals surface area contributed by atoms with Gasteiger partial charge in [0.05, 0.1) is 17.9 Å². The topological polar surface area (TPSA) is 39.2 Å². The Kier molecular flexibility index (Phi) is 4.07. The molecule has 0 N–H and O–H groups in total. The Morgan fingerprint density at radius 2 is 2.00 bits per heavy atom. The molecule has 0 amide bonds. The standard InChI is InChI=1S/C17H14F3NO2/c18-17(19,20)14-3-4-21-16(8-14)13-5-12(9-22)6-15(7-13)23-10-11-1-2-11/h3-9,11H,1-2,10H2. The van der Waals surface area contributed by atoms with Crippen LogP contribution >= 0.6 is 0 Å². The molecule has 1 aromatic heterocycles. The Hall–Kier alpha value is -2.37. The van der Waals surface area contributed by atoms with Crippen LogP contribution in [-0.4, -0.2) is 17.9 Å². The zero-order valence-electron chi connectivity index (χ0n) is 12.1. The van der Waals surface area contributed by atoms with Crippen molar-refractivity contribution >= 4 is 6.29 Å². The maximum Gasteiger partial charge on any atom is 0.416 e. The first-order valence-corrected chi connectivity index (χ1v) is 7.22. The van der Waals surface area contributed by atoms with Gasteiger partial charge in [-0.2, -0.15) is 13.2 Å². The molecule has 1 aliphatic carbocycles. The van der Waals surface area contributed by atoms with Gasteiger partial charge in [-0.1, -0.05) is 0 Å². The molecule has 23 heavy (non-hydrogen) atoms. The van der Waals surface area contributed by atoms with Crippen LogP contribution in [0, 0.1) is 5.92 Å². The average Bonchev–Trinajstić information content (AvgIpc) is 3.36. The highest BCUT2D eigenvalue weighted by Gasteiger charge is 2.30. The number of pyridine rings is 1. The highest BCUT2D eigenvalue weighted by Crippen LogP contribution is 2.33. The molecule has 1 fully saturated rings. The summed E-state index contributed by atoms with van der Waals surface area (Å²) in [5.41, 5.74) is 0.137. The largest absolute Gasteiger partial charge is 0.493 e. The predicted octanol–water partition coefficient (Wildman–Crippen LogP) is 4.37. The number of aromatic nitrogens is 1. The molecule has 0 radical (unpaired) electrons. The van der Waals surface area contributed by atoms with E-state index in [4.69, 9.17) is 4.74 Å². The second-order valence-electron chi connectivity index (χ2n) is 5.59. The number of benzene rings is 1. The summed E-state index contributed by atoms with van der Waals surface area (Å²) in [7, 11) is 0. The van der Waals surface area contributed by atoms with Crippen LogP contribution in [0.1, 0.15) is 28.8 Å². The van der Waals surface area contributed by atoms with Crippen molar-refractivity contribution in [3.63, 3.8) is 0 Å². The number of aldehydes is 1. The van der Waals surface area contributed by atoms with Crippen LogP contribution in [0.5, 0.6) is 5.75 Å². The van der Waals surface area contributed by atoms with Gasteiger partial charge in [0.15, 0.2) is 0 Å². The fourth-order valence-corrected chi connectivity index (χ4v) is 2.18. The molecule has 3 nitrogen and oxygen atoms in total. The minimum Gasteiger partial charge on any atom is -0.493 e. The number of ether oxygens (including phenoxy) is 1. The number of nitrogens with zero attached hydrogens (tertiary/aromatic N) is 1. The normalized spacial score (nSPS) is 14.6. The molecule has 1 aliphatic rings. The van der Waals surface area contributed by atoms with E-state index in [1.807, 2.05) is 0 Å². The number of carbonyl (C=O) groups excluding carboxylic acids is 1. The zero-order valence-corrected chi connectivity index (χ0v) is 12.1. The van der Waals surface area contributed by atoms with E-state index in [1.165, 1.54) is 6.07 Å². The van der Waals surface area contributed by atoms with E-state index >= 15 is 0 Å². The molecule has 120 valence electrons. The van der Waals surface area contributed by atoms with Gasteiger partial charge in [0.1, 0.15) is 12.0 Å². The third-order valence-corrected chi connectivity index (χ3v) is 3.63. The Morgan fingerprint density at radius 1 is 1.22 bits per heavy atom. The first-order valence-electron chi connectivity index (χ1n) is 7.22. The number of alkyl halides is 3. The summed E-state index contributed by atoms with van der Waals surface area (Å²) in [5.74, 6) is 1.00. The molecule has 0 unspecified atom stereocenters. The lowest BCUT2D eigenvalue weighted by molar-refractivity contribution is -0.137. The lowest BCUT2D eigenvalue weighted by atomic mass is 10.1. The molecule has 0 saturated heterocycles. The molecule has 0 spiro atoms. The van der Waals surface area contributed by atoms with Gasteiger partial charge in [-0.3, -0.25) is 9.78 Å². The smallest absolute Gasteiger partial charge is 0.416 e. The minimum atomic E-state index is -4.44. The number of hydrogen-bond acceptors (Lipinski definition) is 3. The quantitative estimate of drug-likeness (QED) is 0.768. The third-order valence-electron chi connectivity index (χ3n) is 3.63. The van der Waals surface area contributed by atoms with Crippen molar-refractivity contribution in [2.24, 2.45) is 5.92 Å². The summed E-state index contributed by atoms with van der Waals surface area (Å²) in [6.45, 7) is 0.553. The van der Waals surface area contributed by atoms with E-state index in [0.717, 1.165) is 31.2 Å². The molecule has 2 aromatic rings. The van der Waals surface area contributed by atoms with Gasteiger partial charge in [0, 0.05) is 17.3 Å². The van der Waals surface area contributed by atoms with Gasteiger partial charge in [-0.05, 0) is 49.1 Å². The van der Waals surface area contributed by atoms with Crippen LogP contribution in [0.25, 0.3) is 11.3 Å². The van der Waals surface area contributed by atoms with Crippen LogP contribution < -0.4 is 4.74 Å².